The number of unbranched alkanes of at least 4 members (excludes halogenated alkanes) is 5. The number of ether oxygens (including phenoxy) is 1. The van der Waals surface area contributed by atoms with Crippen molar-refractivity contribution in [1.29, 1.82) is 0 Å². The van der Waals surface area contributed by atoms with E-state index in [9.17, 15) is 4.79 Å². The van der Waals surface area contributed by atoms with Crippen LogP contribution in [0.2, 0.25) is 0 Å². The summed E-state index contributed by atoms with van der Waals surface area (Å²) < 4.78 is 6.03. The van der Waals surface area contributed by atoms with E-state index in [4.69, 9.17) is 17.0 Å². The molecular weight excluding hydrogens is 330 g/mol. The largest absolute Gasteiger partial charge is 0.465 e. The van der Waals surface area contributed by atoms with E-state index in [1.807, 2.05) is 6.08 Å². The molecule has 2 saturated carbocycles. The maximum atomic E-state index is 12.8. The Bertz CT molecular complexity index is 570. The zero-order valence-electron chi connectivity index (χ0n) is 16.2. The topological polar surface area (TPSA) is 29.5 Å². The van der Waals surface area contributed by atoms with Crippen LogP contribution in [0.1, 0.15) is 79.1 Å². The molecule has 0 N–H and O–H groups in total. The molecule has 3 fully saturated rings. The molecule has 3 aliphatic rings. The molecule has 0 aromatic rings. The predicted molar refractivity (Wildman–Crippen MR) is 105 cm³/mol. The lowest BCUT2D eigenvalue weighted by Gasteiger charge is -2.40. The van der Waals surface area contributed by atoms with Crippen LogP contribution in [0.25, 0.3) is 0 Å². The normalized spacial score (nSPS) is 35.4. The molecule has 1 heterocycles. The molecule has 0 aromatic heterocycles. The molecule has 140 valence electrons. The van der Waals surface area contributed by atoms with Crippen molar-refractivity contribution in [3.05, 3.63) is 12.2 Å². The molecule has 2 aliphatic carbocycles. The van der Waals surface area contributed by atoms with Gasteiger partial charge in [-0.2, -0.15) is 0 Å². The first kappa shape index (κ1) is 18.9. The van der Waals surface area contributed by atoms with Crippen LogP contribution in [0, 0.1) is 16.7 Å². The van der Waals surface area contributed by atoms with Crippen molar-refractivity contribution in [2.24, 2.45) is 16.7 Å². The van der Waals surface area contributed by atoms with Gasteiger partial charge in [0, 0.05) is 5.92 Å². The van der Waals surface area contributed by atoms with Gasteiger partial charge in [-0.3, -0.25) is 9.69 Å². The molecule has 4 heteroatoms. The standard InChI is InChI=1S/C21H33NO2S/c1-5-6-7-8-9-10-11-12-16(23)22-18-17(24-19(22)25)15-13-14-21(18,4)20(15,2)3/h11-12,15,17-18H,5-10,13-14H2,1-4H3/b12-11+/t15?,17-,18-,21+/m1/s1. The summed E-state index contributed by atoms with van der Waals surface area (Å²) in [6, 6.07) is 0.107. The number of carbonyl (C=O) groups is 1. The number of amides is 1. The lowest BCUT2D eigenvalue weighted by Crippen LogP contribution is -2.49. The summed E-state index contributed by atoms with van der Waals surface area (Å²) >= 11 is 5.43. The first-order chi connectivity index (χ1) is 11.8. The van der Waals surface area contributed by atoms with Crippen LogP contribution in [0.3, 0.4) is 0 Å². The number of thiocarbonyl (C=S) groups is 1. The Hall–Kier alpha value is -0.900. The second-order valence-electron chi connectivity index (χ2n) is 8.89. The molecule has 1 amide bonds. The second-order valence-corrected chi connectivity index (χ2v) is 9.24. The third kappa shape index (κ3) is 2.94. The van der Waals surface area contributed by atoms with Gasteiger partial charge < -0.3 is 4.74 Å². The Balaban J connectivity index is 1.62. The minimum absolute atomic E-state index is 0.00985. The molecule has 1 aliphatic heterocycles. The first-order valence-electron chi connectivity index (χ1n) is 10.0. The first-order valence-corrected chi connectivity index (χ1v) is 10.5. The van der Waals surface area contributed by atoms with Crippen molar-refractivity contribution >= 4 is 23.3 Å². The highest BCUT2D eigenvalue weighted by molar-refractivity contribution is 7.80. The Kier molecular flexibility index (Phi) is 5.30. The van der Waals surface area contributed by atoms with Crippen LogP contribution in [0.15, 0.2) is 12.2 Å². The zero-order valence-corrected chi connectivity index (χ0v) is 17.0. The number of fused-ring (bicyclic) bond motifs is 5. The summed E-state index contributed by atoms with van der Waals surface area (Å²) in [6.07, 6.45) is 13.4. The van der Waals surface area contributed by atoms with E-state index >= 15 is 0 Å². The highest BCUT2D eigenvalue weighted by Crippen LogP contribution is 2.68. The predicted octanol–water partition coefficient (Wildman–Crippen LogP) is 5.24. The minimum Gasteiger partial charge on any atom is -0.465 e. The fourth-order valence-electron chi connectivity index (χ4n) is 5.47. The number of hydrogen-bond donors (Lipinski definition) is 0. The smallest absolute Gasteiger partial charge is 0.267 e. The summed E-state index contributed by atoms with van der Waals surface area (Å²) in [4.78, 5) is 14.6. The molecule has 2 bridgehead atoms. The second kappa shape index (κ2) is 7.02. The number of rotatable bonds is 7. The van der Waals surface area contributed by atoms with E-state index in [2.05, 4.69) is 27.7 Å². The molecule has 1 unspecified atom stereocenters. The molecule has 0 spiro atoms. The van der Waals surface area contributed by atoms with Gasteiger partial charge >= 0.3 is 0 Å². The van der Waals surface area contributed by atoms with Gasteiger partial charge in [0.1, 0.15) is 6.10 Å². The average molecular weight is 364 g/mol. The van der Waals surface area contributed by atoms with Gasteiger partial charge in [0.25, 0.3) is 11.1 Å². The monoisotopic (exact) mass is 363 g/mol. The molecule has 0 radical (unpaired) electrons. The summed E-state index contributed by atoms with van der Waals surface area (Å²) in [5, 5.41) is 0.390. The number of hydrogen-bond acceptors (Lipinski definition) is 3. The van der Waals surface area contributed by atoms with Gasteiger partial charge in [-0.25, -0.2) is 0 Å². The van der Waals surface area contributed by atoms with E-state index in [-0.39, 0.29) is 28.9 Å². The molecule has 4 atom stereocenters. The van der Waals surface area contributed by atoms with Crippen molar-refractivity contribution in [2.45, 2.75) is 91.2 Å². The maximum absolute atomic E-state index is 12.8. The van der Waals surface area contributed by atoms with Gasteiger partial charge in [0.15, 0.2) is 0 Å². The van der Waals surface area contributed by atoms with E-state index in [0.29, 0.717) is 11.1 Å². The highest BCUT2D eigenvalue weighted by Gasteiger charge is 2.72. The minimum atomic E-state index is 0.00985. The van der Waals surface area contributed by atoms with Crippen molar-refractivity contribution in [3.8, 4) is 0 Å². The van der Waals surface area contributed by atoms with Crippen LogP contribution in [-0.2, 0) is 9.53 Å². The van der Waals surface area contributed by atoms with Crippen molar-refractivity contribution in [3.63, 3.8) is 0 Å². The van der Waals surface area contributed by atoms with Gasteiger partial charge in [-0.15, -0.1) is 0 Å². The summed E-state index contributed by atoms with van der Waals surface area (Å²) in [5.41, 5.74) is 0.284. The Morgan fingerprint density at radius 3 is 2.72 bits per heavy atom. The van der Waals surface area contributed by atoms with Crippen LogP contribution >= 0.6 is 12.2 Å². The third-order valence-electron chi connectivity index (χ3n) is 7.42. The lowest BCUT2D eigenvalue weighted by atomic mass is 9.69. The molecule has 0 aromatic carbocycles. The van der Waals surface area contributed by atoms with Crippen molar-refractivity contribution < 1.29 is 9.53 Å². The van der Waals surface area contributed by atoms with Gasteiger partial charge in [0.2, 0.25) is 0 Å². The van der Waals surface area contributed by atoms with Crippen LogP contribution in [0.5, 0.6) is 0 Å². The summed E-state index contributed by atoms with van der Waals surface area (Å²) in [6.45, 7) is 9.23. The maximum Gasteiger partial charge on any atom is 0.267 e. The van der Waals surface area contributed by atoms with Crippen LogP contribution < -0.4 is 0 Å². The molecule has 25 heavy (non-hydrogen) atoms. The Morgan fingerprint density at radius 2 is 2.00 bits per heavy atom. The SMILES string of the molecule is CCCCCCC/C=C/C(=O)N1C(=S)O[C@@H]2C3CC[C@@](C)([C@@H]21)C3(C)C. The van der Waals surface area contributed by atoms with Gasteiger partial charge in [-0.1, -0.05) is 59.5 Å². The number of nitrogens with zero attached hydrogens (tertiary/aromatic N) is 1. The van der Waals surface area contributed by atoms with Crippen LogP contribution in [-0.4, -0.2) is 28.1 Å². The summed E-state index contributed by atoms with van der Waals surface area (Å²) in [5.74, 6) is 0.511. The average Bonchev–Trinajstić information content (AvgIpc) is 3.07. The van der Waals surface area contributed by atoms with Crippen molar-refractivity contribution in [2.75, 3.05) is 0 Å². The lowest BCUT2D eigenvalue weighted by molar-refractivity contribution is -0.125. The van der Waals surface area contributed by atoms with Crippen molar-refractivity contribution in [1.82, 2.24) is 4.90 Å². The van der Waals surface area contributed by atoms with Crippen LogP contribution in [0.4, 0.5) is 0 Å². The van der Waals surface area contributed by atoms with E-state index in [0.717, 1.165) is 19.3 Å². The zero-order chi connectivity index (χ0) is 18.2. The molecule has 3 rings (SSSR count). The van der Waals surface area contributed by atoms with Gasteiger partial charge in [0.05, 0.1) is 6.04 Å². The third-order valence-corrected chi connectivity index (χ3v) is 7.71. The highest BCUT2D eigenvalue weighted by atomic mass is 32.1. The number of allylic oxidation sites excluding steroid dienone is 1. The van der Waals surface area contributed by atoms with E-state index < -0.39 is 0 Å². The quantitative estimate of drug-likeness (QED) is 0.352. The molecular formula is C21H33NO2S. The fraction of sp³-hybridized carbons (Fsp3) is 0.810. The molecule has 1 saturated heterocycles. The Morgan fingerprint density at radius 1 is 1.28 bits per heavy atom. The van der Waals surface area contributed by atoms with E-state index in [1.165, 1.54) is 32.1 Å². The Labute approximate surface area is 158 Å². The van der Waals surface area contributed by atoms with E-state index in [1.54, 1.807) is 11.0 Å². The van der Waals surface area contributed by atoms with Gasteiger partial charge in [-0.05, 0) is 54.8 Å². The number of carbonyl (C=O) groups excluding carboxylic acids is 1. The summed E-state index contributed by atoms with van der Waals surface area (Å²) in [7, 11) is 0. The fourth-order valence-corrected chi connectivity index (χ4v) is 5.79. The molecule has 3 nitrogen and oxygen atoms in total.